The van der Waals surface area contributed by atoms with Gasteiger partial charge in [0.25, 0.3) is 10.0 Å². The van der Waals surface area contributed by atoms with Gasteiger partial charge in [-0.1, -0.05) is 23.4 Å². The van der Waals surface area contributed by atoms with Gasteiger partial charge in [-0.25, -0.2) is 17.8 Å². The maximum absolute atomic E-state index is 12.9. The number of piperidine rings is 1. The minimum Gasteiger partial charge on any atom is -0.388 e. The lowest BCUT2D eigenvalue weighted by molar-refractivity contribution is -0.292. The van der Waals surface area contributed by atoms with Crippen molar-refractivity contribution in [2.75, 3.05) is 25.1 Å². The maximum atomic E-state index is 12.9. The lowest BCUT2D eigenvalue weighted by Gasteiger charge is -2.39. The Hall–Kier alpha value is -3.42. The van der Waals surface area contributed by atoms with E-state index in [2.05, 4.69) is 32.1 Å². The third kappa shape index (κ3) is 6.63. The lowest BCUT2D eigenvalue weighted by Crippen LogP contribution is -2.58. The maximum Gasteiger partial charge on any atom is 0.251 e. The molecule has 0 bridgehead atoms. The molecule has 1 aromatic heterocycles. The zero-order valence-corrected chi connectivity index (χ0v) is 23.9. The van der Waals surface area contributed by atoms with Gasteiger partial charge in [-0.2, -0.15) is 5.26 Å². The summed E-state index contributed by atoms with van der Waals surface area (Å²) in [6.45, 7) is 1.80. The van der Waals surface area contributed by atoms with Crippen molar-refractivity contribution in [1.82, 2.24) is 19.7 Å². The smallest absolute Gasteiger partial charge is 0.251 e. The van der Waals surface area contributed by atoms with E-state index in [1.165, 1.54) is 49.0 Å². The van der Waals surface area contributed by atoms with E-state index in [1.54, 1.807) is 12.1 Å². The van der Waals surface area contributed by atoms with Crippen LogP contribution in [0.3, 0.4) is 0 Å². The van der Waals surface area contributed by atoms with Crippen molar-refractivity contribution < 1.29 is 33.2 Å². The second-order valence-electron chi connectivity index (χ2n) is 10.5. The van der Waals surface area contributed by atoms with E-state index >= 15 is 0 Å². The summed E-state index contributed by atoms with van der Waals surface area (Å²) in [6, 6.07) is 13.5. The molecule has 13 nitrogen and oxygen atoms in total. The summed E-state index contributed by atoms with van der Waals surface area (Å²) in [4.78, 5) is 1.93. The minimum absolute atomic E-state index is 0.0462. The Kier molecular flexibility index (Phi) is 9.19. The molecule has 5 unspecified atom stereocenters. The van der Waals surface area contributed by atoms with Crippen LogP contribution in [0.1, 0.15) is 30.5 Å². The monoisotopic (exact) mass is 598 g/mol. The van der Waals surface area contributed by atoms with Gasteiger partial charge in [-0.3, -0.25) is 0 Å². The van der Waals surface area contributed by atoms with E-state index in [9.17, 15) is 29.0 Å². The Morgan fingerprint density at radius 2 is 1.86 bits per heavy atom. The molecule has 3 heterocycles. The van der Waals surface area contributed by atoms with Crippen molar-refractivity contribution in [3.63, 3.8) is 0 Å². The van der Waals surface area contributed by atoms with Gasteiger partial charge in [-0.15, -0.1) is 5.10 Å². The third-order valence-corrected chi connectivity index (χ3v) is 8.88. The number of hydrogen-bond acceptors (Lipinski definition) is 11. The van der Waals surface area contributed by atoms with Gasteiger partial charge in [-0.05, 0) is 59.9 Å². The Bertz CT molecular complexity index is 1580. The first-order valence-electron chi connectivity index (χ1n) is 13.7. The van der Waals surface area contributed by atoms with Gasteiger partial charge < -0.3 is 29.7 Å². The summed E-state index contributed by atoms with van der Waals surface area (Å²) >= 11 is 0. The number of allylic oxidation sites excluding steroid dienone is 1. The predicted molar refractivity (Wildman–Crippen MR) is 153 cm³/mol. The topological polar surface area (TPSA) is 183 Å². The highest BCUT2D eigenvalue weighted by molar-refractivity contribution is 7.93. The van der Waals surface area contributed by atoms with E-state index in [-0.39, 0.29) is 18.8 Å². The number of fused-ring (bicyclic) bond motifs is 1. The zero-order valence-electron chi connectivity index (χ0n) is 23.1. The first-order chi connectivity index (χ1) is 20.2. The molecule has 224 valence electrons. The number of aliphatic hydroxyl groups excluding tert-OH is 3. The number of aromatic nitrogens is 3. The van der Waals surface area contributed by atoms with Gasteiger partial charge in [0, 0.05) is 32.1 Å². The first kappa shape index (κ1) is 30.1. The van der Waals surface area contributed by atoms with E-state index in [0.29, 0.717) is 5.56 Å². The number of methoxy groups -OCH3 is 1. The number of hydrogen-bond donors (Lipinski definition) is 4. The molecule has 0 saturated carbocycles. The predicted octanol–water partition coefficient (Wildman–Crippen LogP) is 0.860. The number of anilines is 1. The largest absolute Gasteiger partial charge is 0.388 e. The average molecular weight is 599 g/mol. The van der Waals surface area contributed by atoms with Crippen LogP contribution in [0.5, 0.6) is 0 Å². The average Bonchev–Trinajstić information content (AvgIpc) is 3.46. The van der Waals surface area contributed by atoms with E-state index in [1.807, 2.05) is 18.2 Å². The molecule has 2 aliphatic rings. The van der Waals surface area contributed by atoms with Crippen LogP contribution in [-0.2, 0) is 32.6 Å². The molecule has 5 atom stereocenters. The highest BCUT2D eigenvalue weighted by Crippen LogP contribution is 2.27. The second-order valence-corrected chi connectivity index (χ2v) is 12.2. The number of rotatable bonds is 9. The standard InChI is InChI=1S/C28H34N6O7S/c1-40-28-27(37)26(36)25(35)24(41-28)17-34-16-21(31-32-34)15-30-42(38,39)23(14-29)12-18-5-6-20-13-22(8-7-19(20)11-18)33-9-3-2-4-10-33/h5-8,11-13,16,24-28,30,35-37H,2-4,9-10,15,17H2,1H3. The Labute approximate surface area is 243 Å². The van der Waals surface area contributed by atoms with E-state index in [0.717, 1.165) is 23.9 Å². The van der Waals surface area contributed by atoms with Crippen LogP contribution in [0, 0.1) is 11.3 Å². The van der Waals surface area contributed by atoms with Crippen molar-refractivity contribution in [1.29, 1.82) is 5.26 Å². The number of aliphatic hydroxyl groups is 3. The summed E-state index contributed by atoms with van der Waals surface area (Å²) < 4.78 is 40.1. The van der Waals surface area contributed by atoms with Crippen LogP contribution in [-0.4, -0.2) is 89.6 Å². The molecular formula is C28H34N6O7S. The first-order valence-corrected chi connectivity index (χ1v) is 15.2. The quantitative estimate of drug-likeness (QED) is 0.256. The van der Waals surface area contributed by atoms with Crippen molar-refractivity contribution >= 4 is 32.6 Å². The number of nitriles is 1. The minimum atomic E-state index is -4.17. The zero-order chi connectivity index (χ0) is 29.9. The molecule has 2 saturated heterocycles. The third-order valence-electron chi connectivity index (χ3n) is 7.56. The molecule has 14 heteroatoms. The molecule has 0 radical (unpaired) electrons. The fourth-order valence-electron chi connectivity index (χ4n) is 5.21. The number of ether oxygens (including phenoxy) is 2. The highest BCUT2D eigenvalue weighted by atomic mass is 32.2. The Balaban J connectivity index is 1.23. The molecular weight excluding hydrogens is 564 g/mol. The molecule has 2 fully saturated rings. The second kappa shape index (κ2) is 12.8. The summed E-state index contributed by atoms with van der Waals surface area (Å²) in [7, 11) is -2.87. The van der Waals surface area contributed by atoms with Crippen LogP contribution < -0.4 is 9.62 Å². The molecule has 42 heavy (non-hydrogen) atoms. The fraction of sp³-hybridized carbons (Fsp3) is 0.464. The lowest BCUT2D eigenvalue weighted by atomic mass is 9.99. The summed E-state index contributed by atoms with van der Waals surface area (Å²) in [5.41, 5.74) is 2.00. The number of nitrogens with one attached hydrogen (secondary N) is 1. The van der Waals surface area contributed by atoms with Crippen LogP contribution in [0.25, 0.3) is 16.8 Å². The Morgan fingerprint density at radius 1 is 1.12 bits per heavy atom. The van der Waals surface area contributed by atoms with Crippen LogP contribution in [0.4, 0.5) is 5.69 Å². The fourth-order valence-corrected chi connectivity index (χ4v) is 6.12. The van der Waals surface area contributed by atoms with E-state index < -0.39 is 45.6 Å². The number of benzene rings is 2. The molecule has 0 spiro atoms. The van der Waals surface area contributed by atoms with Crippen LogP contribution >= 0.6 is 0 Å². The van der Waals surface area contributed by atoms with Crippen molar-refractivity contribution in [3.05, 3.63) is 58.8 Å². The van der Waals surface area contributed by atoms with Crippen molar-refractivity contribution in [3.8, 4) is 6.07 Å². The van der Waals surface area contributed by atoms with Crippen LogP contribution in [0.2, 0.25) is 0 Å². The molecule has 2 aromatic carbocycles. The summed E-state index contributed by atoms with van der Waals surface area (Å²) in [6.07, 6.45) is -0.0299. The Morgan fingerprint density at radius 3 is 2.60 bits per heavy atom. The molecule has 2 aliphatic heterocycles. The van der Waals surface area contributed by atoms with Gasteiger partial charge in [0.1, 0.15) is 30.5 Å². The number of sulfonamides is 1. The van der Waals surface area contributed by atoms with Crippen LogP contribution in [0.15, 0.2) is 47.5 Å². The van der Waals surface area contributed by atoms with E-state index in [4.69, 9.17) is 9.47 Å². The summed E-state index contributed by atoms with van der Waals surface area (Å²) in [5, 5.41) is 49.7. The molecule has 4 N–H and O–H groups in total. The van der Waals surface area contributed by atoms with Gasteiger partial charge in [0.2, 0.25) is 0 Å². The van der Waals surface area contributed by atoms with Crippen molar-refractivity contribution in [2.24, 2.45) is 0 Å². The van der Waals surface area contributed by atoms with Gasteiger partial charge >= 0.3 is 0 Å². The molecule has 0 amide bonds. The van der Waals surface area contributed by atoms with Gasteiger partial charge in [0.15, 0.2) is 11.2 Å². The normalized spacial score (nSPS) is 25.5. The SMILES string of the molecule is COC1OC(Cn2cc(CNS(=O)(=O)C(C#N)=Cc3ccc4cc(N5CCCCC5)ccc4c3)nn2)C(O)C(O)C1O. The summed E-state index contributed by atoms with van der Waals surface area (Å²) in [5.74, 6) is 0. The molecule has 5 rings (SSSR count). The highest BCUT2D eigenvalue weighted by Gasteiger charge is 2.44. The van der Waals surface area contributed by atoms with Gasteiger partial charge in [0.05, 0.1) is 18.8 Å². The molecule has 0 aliphatic carbocycles. The molecule has 3 aromatic rings. The number of nitrogens with zero attached hydrogens (tertiary/aromatic N) is 5. The van der Waals surface area contributed by atoms with Crippen molar-refractivity contribution in [2.45, 2.75) is 63.1 Å².